The van der Waals surface area contributed by atoms with Gasteiger partial charge < -0.3 is 14.0 Å². The van der Waals surface area contributed by atoms with Crippen molar-refractivity contribution in [3.05, 3.63) is 112 Å². The summed E-state index contributed by atoms with van der Waals surface area (Å²) in [7, 11) is 1.57. The van der Waals surface area contributed by atoms with Gasteiger partial charge in [0, 0.05) is 27.1 Å². The van der Waals surface area contributed by atoms with E-state index in [4.69, 9.17) is 14.5 Å². The lowest BCUT2D eigenvalue weighted by molar-refractivity contribution is -0.139. The minimum Gasteiger partial charge on any atom is -0.496 e. The van der Waals surface area contributed by atoms with Crippen molar-refractivity contribution in [3.63, 3.8) is 0 Å². The molecule has 7 nitrogen and oxygen atoms in total. The average Bonchev–Trinajstić information content (AvgIpc) is 3.37. The maximum absolute atomic E-state index is 14.1. The zero-order chi connectivity index (χ0) is 28.7. The molecule has 0 spiro atoms. The number of carbonyl (C=O) groups is 1. The van der Waals surface area contributed by atoms with Crippen molar-refractivity contribution in [2.45, 2.75) is 40.7 Å². The van der Waals surface area contributed by atoms with Gasteiger partial charge in [0.05, 0.1) is 29.5 Å². The van der Waals surface area contributed by atoms with Crippen LogP contribution >= 0.6 is 27.3 Å². The van der Waals surface area contributed by atoms with E-state index in [0.29, 0.717) is 31.9 Å². The molecule has 1 aliphatic heterocycles. The summed E-state index contributed by atoms with van der Waals surface area (Å²) in [6.45, 7) is 9.92. The Morgan fingerprint density at radius 2 is 1.90 bits per heavy atom. The molecule has 206 valence electrons. The number of esters is 1. The van der Waals surface area contributed by atoms with E-state index in [1.807, 2.05) is 30.3 Å². The molecule has 1 atom stereocenters. The molecule has 0 amide bonds. The van der Waals surface area contributed by atoms with Crippen LogP contribution in [0, 0.1) is 20.8 Å². The number of carbonyl (C=O) groups excluding carboxylic acids is 1. The van der Waals surface area contributed by atoms with Gasteiger partial charge in [0.1, 0.15) is 11.8 Å². The van der Waals surface area contributed by atoms with Crippen molar-refractivity contribution in [2.24, 2.45) is 4.99 Å². The zero-order valence-corrected chi connectivity index (χ0v) is 25.6. The van der Waals surface area contributed by atoms with Gasteiger partial charge in [-0.3, -0.25) is 9.36 Å². The number of rotatable bonds is 6. The summed E-state index contributed by atoms with van der Waals surface area (Å²) in [5.74, 6) is 0.0488. The summed E-state index contributed by atoms with van der Waals surface area (Å²) in [6, 6.07) is 15.2. The second-order valence-electron chi connectivity index (χ2n) is 9.69. The van der Waals surface area contributed by atoms with E-state index < -0.39 is 12.0 Å². The molecule has 1 aliphatic rings. The second-order valence-corrected chi connectivity index (χ2v) is 11.6. The number of benzene rings is 2. The van der Waals surface area contributed by atoms with E-state index in [9.17, 15) is 9.59 Å². The molecule has 2 aromatic carbocycles. The number of thiazole rings is 1. The number of hydrogen-bond donors (Lipinski definition) is 0. The van der Waals surface area contributed by atoms with Crippen molar-refractivity contribution in [1.82, 2.24) is 9.13 Å². The summed E-state index contributed by atoms with van der Waals surface area (Å²) >= 11 is 4.85. The van der Waals surface area contributed by atoms with E-state index in [0.717, 1.165) is 27.1 Å². The van der Waals surface area contributed by atoms with Crippen LogP contribution in [0.3, 0.4) is 0 Å². The predicted molar refractivity (Wildman–Crippen MR) is 161 cm³/mol. The number of halogens is 1. The number of ether oxygens (including phenoxy) is 2. The minimum absolute atomic E-state index is 0.207. The minimum atomic E-state index is -0.760. The first-order chi connectivity index (χ1) is 19.1. The van der Waals surface area contributed by atoms with Gasteiger partial charge in [-0.1, -0.05) is 39.4 Å². The topological polar surface area (TPSA) is 74.8 Å². The van der Waals surface area contributed by atoms with Gasteiger partial charge in [0.15, 0.2) is 4.80 Å². The Labute approximate surface area is 244 Å². The van der Waals surface area contributed by atoms with Crippen LogP contribution < -0.4 is 19.6 Å². The quantitative estimate of drug-likeness (QED) is 0.275. The molecule has 0 saturated carbocycles. The summed E-state index contributed by atoms with van der Waals surface area (Å²) in [5.41, 5.74) is 6.56. The summed E-state index contributed by atoms with van der Waals surface area (Å²) in [6.07, 6.45) is 1.91. The molecule has 0 aliphatic carbocycles. The largest absolute Gasteiger partial charge is 0.496 e. The van der Waals surface area contributed by atoms with Crippen molar-refractivity contribution in [3.8, 4) is 11.4 Å². The van der Waals surface area contributed by atoms with Gasteiger partial charge >= 0.3 is 5.97 Å². The number of aryl methyl sites for hydroxylation is 2. The van der Waals surface area contributed by atoms with Gasteiger partial charge in [-0.05, 0) is 88.2 Å². The monoisotopic (exact) mass is 619 g/mol. The van der Waals surface area contributed by atoms with Crippen LogP contribution in [0.2, 0.25) is 0 Å². The fourth-order valence-corrected chi connectivity index (χ4v) is 6.66. The predicted octanol–water partition coefficient (Wildman–Crippen LogP) is 5.29. The first-order valence-electron chi connectivity index (χ1n) is 12.9. The van der Waals surface area contributed by atoms with E-state index in [1.165, 1.54) is 16.9 Å². The molecule has 40 heavy (non-hydrogen) atoms. The average molecular weight is 621 g/mol. The van der Waals surface area contributed by atoms with Crippen LogP contribution in [0.5, 0.6) is 5.75 Å². The molecule has 4 aromatic rings. The highest BCUT2D eigenvalue weighted by Crippen LogP contribution is 2.37. The van der Waals surface area contributed by atoms with Crippen LogP contribution in [0.4, 0.5) is 0 Å². The molecule has 0 radical (unpaired) electrons. The molecule has 0 saturated heterocycles. The van der Waals surface area contributed by atoms with E-state index in [1.54, 1.807) is 25.5 Å². The Morgan fingerprint density at radius 3 is 2.60 bits per heavy atom. The number of fused-ring (bicyclic) bond motifs is 1. The van der Waals surface area contributed by atoms with E-state index >= 15 is 0 Å². The number of nitrogens with zero attached hydrogens (tertiary/aromatic N) is 3. The second kappa shape index (κ2) is 11.1. The van der Waals surface area contributed by atoms with Crippen LogP contribution in [-0.2, 0) is 9.53 Å². The molecular formula is C31H30BrN3O4S. The van der Waals surface area contributed by atoms with Gasteiger partial charge in [-0.2, -0.15) is 0 Å². The summed E-state index contributed by atoms with van der Waals surface area (Å²) in [4.78, 5) is 32.5. The highest BCUT2D eigenvalue weighted by atomic mass is 79.9. The lowest BCUT2D eigenvalue weighted by atomic mass is 9.95. The number of methoxy groups -OCH3 is 1. The maximum Gasteiger partial charge on any atom is 0.338 e. The number of allylic oxidation sites excluding steroid dienone is 1. The summed E-state index contributed by atoms with van der Waals surface area (Å²) < 4.78 is 16.2. The molecule has 0 unspecified atom stereocenters. The zero-order valence-electron chi connectivity index (χ0n) is 23.2. The molecule has 5 rings (SSSR count). The van der Waals surface area contributed by atoms with Crippen LogP contribution in [-0.4, -0.2) is 28.8 Å². The lowest BCUT2D eigenvalue weighted by Crippen LogP contribution is -2.40. The third-order valence-corrected chi connectivity index (χ3v) is 8.50. The maximum atomic E-state index is 14.1. The van der Waals surface area contributed by atoms with Crippen molar-refractivity contribution in [1.29, 1.82) is 0 Å². The molecule has 2 aromatic heterocycles. The van der Waals surface area contributed by atoms with Gasteiger partial charge in [0.25, 0.3) is 5.56 Å². The SMILES string of the molecule is CCOC(=O)C1=C(C)N=c2s/c(=C\c3cc(C)n(-c4cccc(C)c4)c3C)c(=O)n2[C@@H]1c1cc(Br)ccc1OC. The van der Waals surface area contributed by atoms with Crippen molar-refractivity contribution in [2.75, 3.05) is 13.7 Å². The smallest absolute Gasteiger partial charge is 0.338 e. The first-order valence-corrected chi connectivity index (χ1v) is 14.5. The first kappa shape index (κ1) is 27.9. The van der Waals surface area contributed by atoms with E-state index in [-0.39, 0.29) is 12.2 Å². The lowest BCUT2D eigenvalue weighted by Gasteiger charge is -2.26. The standard InChI is InChI=1S/C31H30BrN3O4S/c1-7-39-30(37)27-19(4)33-31-35(28(27)24-16-22(32)11-12-25(24)38-6)29(36)26(40-31)15-21-14-18(3)34(20(21)5)23-10-8-9-17(2)13-23/h8-16,28H,7H2,1-6H3/b26-15-/t28-/m1/s1. The Hall–Kier alpha value is -3.69. The third-order valence-electron chi connectivity index (χ3n) is 7.02. The Morgan fingerprint density at radius 1 is 1.12 bits per heavy atom. The molecular weight excluding hydrogens is 590 g/mol. The molecule has 0 fully saturated rings. The summed E-state index contributed by atoms with van der Waals surface area (Å²) in [5, 5.41) is 0. The molecule has 0 N–H and O–H groups in total. The molecule has 9 heteroatoms. The van der Waals surface area contributed by atoms with Crippen LogP contribution in [0.1, 0.15) is 48.0 Å². The van der Waals surface area contributed by atoms with Gasteiger partial charge in [0.2, 0.25) is 0 Å². The Bertz CT molecular complexity index is 1860. The highest BCUT2D eigenvalue weighted by Gasteiger charge is 2.35. The fourth-order valence-electron chi connectivity index (χ4n) is 5.24. The number of aromatic nitrogens is 2. The Balaban J connectivity index is 1.73. The molecule has 0 bridgehead atoms. The highest BCUT2D eigenvalue weighted by molar-refractivity contribution is 9.10. The van der Waals surface area contributed by atoms with E-state index in [2.05, 4.69) is 65.5 Å². The van der Waals surface area contributed by atoms with Crippen molar-refractivity contribution >= 4 is 39.3 Å². The van der Waals surface area contributed by atoms with Crippen LogP contribution in [0.25, 0.3) is 11.8 Å². The molecule has 3 heterocycles. The fraction of sp³-hybridized carbons (Fsp3) is 0.258. The Kier molecular flexibility index (Phi) is 7.70. The third kappa shape index (κ3) is 4.88. The van der Waals surface area contributed by atoms with Crippen molar-refractivity contribution < 1.29 is 14.3 Å². The van der Waals surface area contributed by atoms with Gasteiger partial charge in [-0.15, -0.1) is 0 Å². The number of hydrogen-bond acceptors (Lipinski definition) is 6. The van der Waals surface area contributed by atoms with Gasteiger partial charge in [-0.25, -0.2) is 9.79 Å². The normalized spacial score (nSPS) is 15.2. The van der Waals surface area contributed by atoms with Crippen LogP contribution in [0.15, 0.2) is 74.1 Å².